The Morgan fingerprint density at radius 3 is 2.60 bits per heavy atom. The maximum atomic E-state index is 13.1. The van der Waals surface area contributed by atoms with Crippen molar-refractivity contribution in [2.75, 3.05) is 26.1 Å². The van der Waals surface area contributed by atoms with Crippen LogP contribution in [-0.2, 0) is 22.7 Å². The molecule has 1 N–H and O–H groups in total. The average Bonchev–Trinajstić information content (AvgIpc) is 2.99. The van der Waals surface area contributed by atoms with Gasteiger partial charge in [0.2, 0.25) is 0 Å². The Bertz CT molecular complexity index is 1200. The molecule has 0 saturated heterocycles. The fraction of sp³-hybridized carbons (Fsp3) is 0.259. The van der Waals surface area contributed by atoms with Gasteiger partial charge in [0.15, 0.2) is 24.2 Å². The van der Waals surface area contributed by atoms with Gasteiger partial charge in [-0.15, -0.1) is 0 Å². The molecule has 4 rings (SSSR count). The molecular weight excluding hydrogens is 448 g/mol. The molecule has 1 aliphatic heterocycles. The monoisotopic (exact) mass is 476 g/mol. The van der Waals surface area contributed by atoms with Crippen LogP contribution >= 0.6 is 0 Å². The molecule has 1 heterocycles. The Hall–Kier alpha value is -4.20. The van der Waals surface area contributed by atoms with E-state index >= 15 is 0 Å². The van der Waals surface area contributed by atoms with Crippen molar-refractivity contribution in [1.82, 2.24) is 4.90 Å². The van der Waals surface area contributed by atoms with Gasteiger partial charge in [0.05, 0.1) is 14.2 Å². The van der Waals surface area contributed by atoms with E-state index in [2.05, 4.69) is 5.32 Å². The first-order chi connectivity index (χ1) is 17.0. The predicted molar refractivity (Wildman–Crippen MR) is 131 cm³/mol. The number of carbonyl (C=O) groups is 2. The van der Waals surface area contributed by atoms with E-state index in [0.29, 0.717) is 41.8 Å². The Morgan fingerprint density at radius 1 is 1.06 bits per heavy atom. The number of amides is 2. The summed E-state index contributed by atoms with van der Waals surface area (Å²) in [6.45, 7) is 2.23. The summed E-state index contributed by atoms with van der Waals surface area (Å²) in [6, 6.07) is 20.0. The summed E-state index contributed by atoms with van der Waals surface area (Å²) in [5.41, 5.74) is 2.19. The third-order valence-corrected chi connectivity index (χ3v) is 5.63. The molecule has 3 aromatic carbocycles. The number of hydrogen-bond acceptors (Lipinski definition) is 6. The van der Waals surface area contributed by atoms with Crippen molar-refractivity contribution >= 4 is 17.5 Å². The van der Waals surface area contributed by atoms with Gasteiger partial charge in [0.1, 0.15) is 11.5 Å². The second-order valence-corrected chi connectivity index (χ2v) is 8.08. The normalized spacial score (nSPS) is 14.9. The lowest BCUT2D eigenvalue weighted by molar-refractivity contribution is -0.138. The van der Waals surface area contributed by atoms with Crippen LogP contribution in [0.1, 0.15) is 18.1 Å². The lowest BCUT2D eigenvalue weighted by Gasteiger charge is -2.24. The highest BCUT2D eigenvalue weighted by atomic mass is 16.5. The van der Waals surface area contributed by atoms with Crippen LogP contribution in [-0.4, -0.2) is 43.6 Å². The molecule has 0 fully saturated rings. The SMILES string of the molecule is COc1cccc(CN2Cc3cc(NC(=O)COc4ccccc4)ccc3O[C@H](C)C2=O)c1OC. The Kier molecular flexibility index (Phi) is 7.40. The van der Waals surface area contributed by atoms with Gasteiger partial charge in [0.25, 0.3) is 11.8 Å². The van der Waals surface area contributed by atoms with E-state index in [1.54, 1.807) is 50.3 Å². The van der Waals surface area contributed by atoms with Gasteiger partial charge >= 0.3 is 0 Å². The first kappa shape index (κ1) is 23.9. The zero-order chi connectivity index (χ0) is 24.8. The number of carbonyl (C=O) groups excluding carboxylic acids is 2. The van der Waals surface area contributed by atoms with Crippen LogP contribution in [0.3, 0.4) is 0 Å². The summed E-state index contributed by atoms with van der Waals surface area (Å²) >= 11 is 0. The van der Waals surface area contributed by atoms with E-state index in [-0.39, 0.29) is 18.4 Å². The predicted octanol–water partition coefficient (Wildman–Crippen LogP) is 4.03. The third-order valence-electron chi connectivity index (χ3n) is 5.63. The molecule has 1 atom stereocenters. The molecular formula is C27H28N2O6. The average molecular weight is 477 g/mol. The Labute approximate surface area is 204 Å². The van der Waals surface area contributed by atoms with E-state index in [1.165, 1.54) is 0 Å². The molecule has 0 unspecified atom stereocenters. The molecule has 0 radical (unpaired) electrons. The molecule has 8 nitrogen and oxygen atoms in total. The number of benzene rings is 3. The van der Waals surface area contributed by atoms with Gasteiger partial charge in [0, 0.05) is 29.9 Å². The van der Waals surface area contributed by atoms with Crippen LogP contribution in [0, 0.1) is 0 Å². The maximum absolute atomic E-state index is 13.1. The number of nitrogens with one attached hydrogen (secondary N) is 1. The van der Waals surface area contributed by atoms with Crippen molar-refractivity contribution in [3.05, 3.63) is 77.9 Å². The minimum atomic E-state index is -0.660. The number of ether oxygens (including phenoxy) is 4. The topological polar surface area (TPSA) is 86.3 Å². The largest absolute Gasteiger partial charge is 0.493 e. The smallest absolute Gasteiger partial charge is 0.263 e. The minimum Gasteiger partial charge on any atom is -0.493 e. The Morgan fingerprint density at radius 2 is 1.86 bits per heavy atom. The molecule has 2 amide bonds. The molecule has 0 aromatic heterocycles. The minimum absolute atomic E-state index is 0.116. The van der Waals surface area contributed by atoms with Gasteiger partial charge in [-0.05, 0) is 43.3 Å². The van der Waals surface area contributed by atoms with Crippen LogP contribution in [0.25, 0.3) is 0 Å². The first-order valence-corrected chi connectivity index (χ1v) is 11.2. The zero-order valence-corrected chi connectivity index (χ0v) is 19.9. The fourth-order valence-corrected chi connectivity index (χ4v) is 3.96. The van der Waals surface area contributed by atoms with Crippen LogP contribution in [0.4, 0.5) is 5.69 Å². The molecule has 182 valence electrons. The van der Waals surface area contributed by atoms with E-state index in [4.69, 9.17) is 18.9 Å². The lowest BCUT2D eigenvalue weighted by Crippen LogP contribution is -2.37. The zero-order valence-electron chi connectivity index (χ0n) is 19.9. The number of nitrogens with zero attached hydrogens (tertiary/aromatic N) is 1. The second-order valence-electron chi connectivity index (χ2n) is 8.08. The molecule has 1 aliphatic rings. The standard InChI is InChI=1S/C27H28N2O6/c1-18-27(31)29(15-19-8-7-11-24(32-2)26(19)33-3)16-20-14-21(12-13-23(20)35-18)28-25(30)17-34-22-9-5-4-6-10-22/h4-14,18H,15-17H2,1-3H3,(H,28,30)/t18-/m1/s1. The summed E-state index contributed by atoms with van der Waals surface area (Å²) in [4.78, 5) is 27.2. The number of hydrogen-bond donors (Lipinski definition) is 1. The number of anilines is 1. The molecule has 0 saturated carbocycles. The summed E-state index contributed by atoms with van der Waals surface area (Å²) in [5, 5.41) is 2.84. The summed E-state index contributed by atoms with van der Waals surface area (Å²) in [5.74, 6) is 1.97. The molecule has 3 aromatic rings. The summed E-state index contributed by atoms with van der Waals surface area (Å²) < 4.78 is 22.4. The highest BCUT2D eigenvalue weighted by Gasteiger charge is 2.29. The van der Waals surface area contributed by atoms with Crippen LogP contribution in [0.15, 0.2) is 66.7 Å². The van der Waals surface area contributed by atoms with Gasteiger partial charge in [-0.1, -0.05) is 30.3 Å². The van der Waals surface area contributed by atoms with Crippen molar-refractivity contribution in [3.63, 3.8) is 0 Å². The highest BCUT2D eigenvalue weighted by Crippen LogP contribution is 2.34. The summed E-state index contributed by atoms with van der Waals surface area (Å²) in [7, 11) is 3.15. The van der Waals surface area contributed by atoms with Crippen molar-refractivity contribution in [1.29, 1.82) is 0 Å². The van der Waals surface area contributed by atoms with Gasteiger partial charge < -0.3 is 29.2 Å². The highest BCUT2D eigenvalue weighted by molar-refractivity contribution is 5.92. The van der Waals surface area contributed by atoms with Gasteiger partial charge in [-0.3, -0.25) is 9.59 Å². The van der Waals surface area contributed by atoms with Crippen molar-refractivity contribution < 1.29 is 28.5 Å². The first-order valence-electron chi connectivity index (χ1n) is 11.2. The van der Waals surface area contributed by atoms with Crippen LogP contribution in [0.2, 0.25) is 0 Å². The number of fused-ring (bicyclic) bond motifs is 1. The van der Waals surface area contributed by atoms with Gasteiger partial charge in [-0.2, -0.15) is 0 Å². The van der Waals surface area contributed by atoms with E-state index < -0.39 is 6.10 Å². The molecule has 35 heavy (non-hydrogen) atoms. The third kappa shape index (κ3) is 5.66. The number of methoxy groups -OCH3 is 2. The van der Waals surface area contributed by atoms with Gasteiger partial charge in [-0.25, -0.2) is 0 Å². The quantitative estimate of drug-likeness (QED) is 0.528. The molecule has 0 aliphatic carbocycles. The molecule has 0 spiro atoms. The lowest BCUT2D eigenvalue weighted by atomic mass is 10.1. The van der Waals surface area contributed by atoms with Crippen molar-refractivity contribution in [2.45, 2.75) is 26.1 Å². The van der Waals surface area contributed by atoms with E-state index in [9.17, 15) is 9.59 Å². The second kappa shape index (κ2) is 10.8. The number of para-hydroxylation sites is 2. The van der Waals surface area contributed by atoms with Crippen LogP contribution in [0.5, 0.6) is 23.0 Å². The molecule has 0 bridgehead atoms. The molecule has 8 heteroatoms. The fourth-order valence-electron chi connectivity index (χ4n) is 3.96. The van der Waals surface area contributed by atoms with Crippen molar-refractivity contribution in [3.8, 4) is 23.0 Å². The maximum Gasteiger partial charge on any atom is 0.263 e. The van der Waals surface area contributed by atoms with E-state index in [0.717, 1.165) is 11.1 Å². The van der Waals surface area contributed by atoms with E-state index in [1.807, 2.05) is 42.5 Å². The Balaban J connectivity index is 1.50. The summed E-state index contributed by atoms with van der Waals surface area (Å²) in [6.07, 6.45) is -0.660. The number of rotatable bonds is 8. The van der Waals surface area contributed by atoms with Crippen LogP contribution < -0.4 is 24.3 Å². The van der Waals surface area contributed by atoms with Crippen molar-refractivity contribution in [2.24, 2.45) is 0 Å².